The van der Waals surface area contributed by atoms with E-state index in [1.807, 2.05) is 0 Å². The number of hydrogen-bond acceptors (Lipinski definition) is 5. The van der Waals surface area contributed by atoms with Crippen LogP contribution in [0.1, 0.15) is 26.4 Å². The highest BCUT2D eigenvalue weighted by Crippen LogP contribution is 2.37. The average molecular weight is 367 g/mol. The van der Waals surface area contributed by atoms with Gasteiger partial charge in [0.15, 0.2) is 5.75 Å². The van der Waals surface area contributed by atoms with Gasteiger partial charge in [-0.25, -0.2) is 4.99 Å². The fourth-order valence-electron chi connectivity index (χ4n) is 3.50. The Morgan fingerprint density at radius 3 is 2.43 bits per heavy atom. The van der Waals surface area contributed by atoms with Gasteiger partial charge in [0.05, 0.1) is 11.2 Å². The number of para-hydroxylation sites is 2. The fraction of sp³-hybridized carbons (Fsp3) is 0. The summed E-state index contributed by atoms with van der Waals surface area (Å²) in [6.45, 7) is 0. The van der Waals surface area contributed by atoms with Gasteiger partial charge in [0.1, 0.15) is 11.4 Å². The lowest BCUT2D eigenvalue weighted by atomic mass is 10.1. The van der Waals surface area contributed by atoms with Crippen LogP contribution in [-0.2, 0) is 0 Å². The molecule has 2 aromatic carbocycles. The molecular formula is C22H13N3O3. The number of aromatic nitrogens is 2. The summed E-state index contributed by atoms with van der Waals surface area (Å²) < 4.78 is 1.35. The Labute approximate surface area is 159 Å². The maximum atomic E-state index is 13.3. The van der Waals surface area contributed by atoms with E-state index in [4.69, 9.17) is 0 Å². The second-order valence-electron chi connectivity index (χ2n) is 6.40. The first-order valence-corrected chi connectivity index (χ1v) is 8.67. The van der Waals surface area contributed by atoms with E-state index in [9.17, 15) is 14.7 Å². The molecule has 0 amide bonds. The number of aliphatic imine (C=N–C) groups is 1. The molecule has 0 saturated carbocycles. The summed E-state index contributed by atoms with van der Waals surface area (Å²) in [5.74, 6) is -0.837. The molecule has 134 valence electrons. The molecule has 0 aliphatic carbocycles. The van der Waals surface area contributed by atoms with Gasteiger partial charge in [0.2, 0.25) is 5.78 Å². The van der Waals surface area contributed by atoms with Crippen LogP contribution in [0.25, 0.3) is 10.9 Å². The SMILES string of the molecule is O=C1C(c2c(O)c3ccccc3n2C(=O)c2ccncc2)=Nc2ccccc21. The number of hydrogen-bond donors (Lipinski definition) is 1. The summed E-state index contributed by atoms with van der Waals surface area (Å²) in [7, 11) is 0. The Bertz CT molecular complexity index is 1300. The van der Waals surface area contributed by atoms with Crippen LogP contribution in [0, 0.1) is 0 Å². The van der Waals surface area contributed by atoms with Crippen molar-refractivity contribution in [1.29, 1.82) is 0 Å². The van der Waals surface area contributed by atoms with Crippen LogP contribution in [0.5, 0.6) is 5.75 Å². The largest absolute Gasteiger partial charge is 0.505 e. The minimum Gasteiger partial charge on any atom is -0.505 e. The van der Waals surface area contributed by atoms with Crippen molar-refractivity contribution in [1.82, 2.24) is 9.55 Å². The molecule has 2 aromatic heterocycles. The summed E-state index contributed by atoms with van der Waals surface area (Å²) in [6, 6.07) is 17.1. The Hall–Kier alpha value is -4.06. The lowest BCUT2D eigenvalue weighted by Crippen LogP contribution is -2.21. The molecule has 0 atom stereocenters. The van der Waals surface area contributed by atoms with Crippen molar-refractivity contribution in [2.24, 2.45) is 4.99 Å². The Balaban J connectivity index is 1.80. The molecule has 1 aliphatic heterocycles. The van der Waals surface area contributed by atoms with E-state index in [1.54, 1.807) is 60.7 Å². The molecule has 5 rings (SSSR count). The summed E-state index contributed by atoms with van der Waals surface area (Å²) in [5.41, 5.74) is 2.02. The van der Waals surface area contributed by atoms with Gasteiger partial charge in [-0.1, -0.05) is 24.3 Å². The minimum absolute atomic E-state index is 0.0531. The van der Waals surface area contributed by atoms with Gasteiger partial charge >= 0.3 is 0 Å². The molecule has 3 heterocycles. The maximum absolute atomic E-state index is 13.3. The molecule has 1 N–H and O–H groups in total. The quantitative estimate of drug-likeness (QED) is 0.585. The van der Waals surface area contributed by atoms with E-state index in [0.717, 1.165) is 0 Å². The Morgan fingerprint density at radius 1 is 0.929 bits per heavy atom. The fourth-order valence-corrected chi connectivity index (χ4v) is 3.50. The molecule has 6 nitrogen and oxygen atoms in total. The highest BCUT2D eigenvalue weighted by atomic mass is 16.3. The van der Waals surface area contributed by atoms with Crippen LogP contribution in [0.15, 0.2) is 78.0 Å². The van der Waals surface area contributed by atoms with E-state index in [0.29, 0.717) is 27.7 Å². The summed E-state index contributed by atoms with van der Waals surface area (Å²) >= 11 is 0. The summed E-state index contributed by atoms with van der Waals surface area (Å²) in [5, 5.41) is 11.4. The standard InChI is InChI=1S/C22H13N3O3/c26-20-14-5-1-3-7-16(14)24-18(20)19-21(27)15-6-2-4-8-17(15)25(19)22(28)13-9-11-23-12-10-13/h1-12,27H. The van der Waals surface area contributed by atoms with Crippen molar-refractivity contribution in [3.63, 3.8) is 0 Å². The molecule has 0 unspecified atom stereocenters. The first-order valence-electron chi connectivity index (χ1n) is 8.67. The zero-order valence-corrected chi connectivity index (χ0v) is 14.5. The number of carbonyl (C=O) groups excluding carboxylic acids is 2. The van der Waals surface area contributed by atoms with Gasteiger partial charge in [-0.05, 0) is 36.4 Å². The number of carbonyl (C=O) groups is 2. The third-order valence-corrected chi connectivity index (χ3v) is 4.80. The Kier molecular flexibility index (Phi) is 3.45. The number of pyridine rings is 1. The predicted octanol–water partition coefficient (Wildman–Crippen LogP) is 3.75. The molecule has 0 spiro atoms. The molecule has 0 radical (unpaired) electrons. The summed E-state index contributed by atoms with van der Waals surface area (Å²) in [6.07, 6.45) is 3.04. The topological polar surface area (TPSA) is 84.5 Å². The first kappa shape index (κ1) is 16.1. The maximum Gasteiger partial charge on any atom is 0.263 e. The number of fused-ring (bicyclic) bond motifs is 2. The van der Waals surface area contributed by atoms with E-state index in [2.05, 4.69) is 9.98 Å². The van der Waals surface area contributed by atoms with Crippen LogP contribution in [0.3, 0.4) is 0 Å². The monoisotopic (exact) mass is 367 g/mol. The molecule has 4 aromatic rings. The van der Waals surface area contributed by atoms with E-state index < -0.39 is 0 Å². The number of nitrogens with zero attached hydrogens (tertiary/aromatic N) is 3. The van der Waals surface area contributed by atoms with Gasteiger partial charge < -0.3 is 5.11 Å². The zero-order chi connectivity index (χ0) is 19.3. The van der Waals surface area contributed by atoms with E-state index in [-0.39, 0.29) is 28.8 Å². The number of ketones is 1. The zero-order valence-electron chi connectivity index (χ0n) is 14.5. The van der Waals surface area contributed by atoms with Crippen molar-refractivity contribution in [2.75, 3.05) is 0 Å². The van der Waals surface area contributed by atoms with Crippen molar-refractivity contribution in [3.8, 4) is 5.75 Å². The van der Waals surface area contributed by atoms with Gasteiger partial charge in [-0.3, -0.25) is 19.1 Å². The lowest BCUT2D eigenvalue weighted by Gasteiger charge is -2.09. The van der Waals surface area contributed by atoms with Crippen molar-refractivity contribution < 1.29 is 14.7 Å². The van der Waals surface area contributed by atoms with Crippen LogP contribution in [0.2, 0.25) is 0 Å². The first-order chi connectivity index (χ1) is 13.7. The van der Waals surface area contributed by atoms with Gasteiger partial charge in [0.25, 0.3) is 5.91 Å². The van der Waals surface area contributed by atoms with Gasteiger partial charge in [-0.15, -0.1) is 0 Å². The Morgan fingerprint density at radius 2 is 1.64 bits per heavy atom. The smallest absolute Gasteiger partial charge is 0.263 e. The van der Waals surface area contributed by atoms with Crippen LogP contribution >= 0.6 is 0 Å². The van der Waals surface area contributed by atoms with Crippen molar-refractivity contribution in [3.05, 3.63) is 89.9 Å². The van der Waals surface area contributed by atoms with Gasteiger partial charge in [-0.2, -0.15) is 0 Å². The molecule has 0 saturated heterocycles. The number of rotatable bonds is 2. The third-order valence-electron chi connectivity index (χ3n) is 4.80. The van der Waals surface area contributed by atoms with Crippen molar-refractivity contribution in [2.45, 2.75) is 0 Å². The third kappa shape index (κ3) is 2.21. The highest BCUT2D eigenvalue weighted by Gasteiger charge is 2.33. The summed E-state index contributed by atoms with van der Waals surface area (Å²) in [4.78, 5) is 34.6. The predicted molar refractivity (Wildman–Crippen MR) is 105 cm³/mol. The number of Topliss-reactive ketones (excluding diaryl/α,β-unsaturated/α-hetero) is 1. The van der Waals surface area contributed by atoms with Gasteiger partial charge in [0, 0.05) is 28.9 Å². The normalized spacial score (nSPS) is 12.9. The van der Waals surface area contributed by atoms with Crippen molar-refractivity contribution >= 4 is 34.0 Å². The molecular weight excluding hydrogens is 354 g/mol. The minimum atomic E-state index is -0.375. The molecule has 1 aliphatic rings. The van der Waals surface area contributed by atoms with Crippen LogP contribution < -0.4 is 0 Å². The lowest BCUT2D eigenvalue weighted by molar-refractivity contribution is 0.0964. The second kappa shape index (κ2) is 5.99. The second-order valence-corrected chi connectivity index (χ2v) is 6.40. The molecule has 0 bridgehead atoms. The molecule has 6 heteroatoms. The highest BCUT2D eigenvalue weighted by molar-refractivity contribution is 6.55. The van der Waals surface area contributed by atoms with Crippen LogP contribution in [0.4, 0.5) is 5.69 Å². The number of aromatic hydroxyl groups is 1. The van der Waals surface area contributed by atoms with E-state index >= 15 is 0 Å². The van der Waals surface area contributed by atoms with E-state index in [1.165, 1.54) is 17.0 Å². The average Bonchev–Trinajstić information content (AvgIpc) is 3.23. The molecule has 0 fully saturated rings. The molecule has 28 heavy (non-hydrogen) atoms. The number of benzene rings is 2. The van der Waals surface area contributed by atoms with Crippen LogP contribution in [-0.4, -0.2) is 32.1 Å².